The number of amides is 1. The minimum absolute atomic E-state index is 0.398. The molecule has 1 saturated heterocycles. The first-order valence-corrected chi connectivity index (χ1v) is 7.13. The quantitative estimate of drug-likeness (QED) is 0.891. The molecule has 2 rings (SSSR count). The van der Waals surface area contributed by atoms with Crippen molar-refractivity contribution in [2.75, 3.05) is 43.1 Å². The molecule has 1 aromatic heterocycles. The van der Waals surface area contributed by atoms with Gasteiger partial charge < -0.3 is 19.7 Å². The van der Waals surface area contributed by atoms with Gasteiger partial charge in [-0.3, -0.25) is 4.79 Å². The second kappa shape index (κ2) is 7.60. The number of hydrogen-bond donors (Lipinski definition) is 1. The molecule has 0 radical (unpaired) electrons. The Bertz CT molecular complexity index is 516. The number of pyridine rings is 1. The van der Waals surface area contributed by atoms with Gasteiger partial charge in [-0.2, -0.15) is 13.2 Å². The predicted octanol–water partition coefficient (Wildman–Crippen LogP) is 1.82. The van der Waals surface area contributed by atoms with E-state index < -0.39 is 24.8 Å². The number of nitrogens with zero attached hydrogens (tertiary/aromatic N) is 2. The van der Waals surface area contributed by atoms with E-state index in [0.29, 0.717) is 18.9 Å². The van der Waals surface area contributed by atoms with Gasteiger partial charge in [0.05, 0.1) is 25.1 Å². The van der Waals surface area contributed by atoms with Crippen LogP contribution in [0.15, 0.2) is 18.3 Å². The summed E-state index contributed by atoms with van der Waals surface area (Å²) >= 11 is 0. The van der Waals surface area contributed by atoms with Crippen molar-refractivity contribution in [1.82, 2.24) is 4.98 Å². The van der Waals surface area contributed by atoms with E-state index in [1.54, 1.807) is 12.1 Å². The number of ether oxygens (including phenoxy) is 2. The van der Waals surface area contributed by atoms with Gasteiger partial charge in [0.25, 0.3) is 5.91 Å². The highest BCUT2D eigenvalue weighted by Gasteiger charge is 2.30. The Labute approximate surface area is 131 Å². The SMILES string of the molecule is CC(OCC(F)(F)F)C(=O)Nc1ccc(N2CCOCC2)nc1. The Kier molecular flexibility index (Phi) is 5.78. The number of alkyl halides is 3. The summed E-state index contributed by atoms with van der Waals surface area (Å²) in [5.41, 5.74) is 0.398. The van der Waals surface area contributed by atoms with Crippen LogP contribution in [0.1, 0.15) is 6.92 Å². The first-order valence-electron chi connectivity index (χ1n) is 7.13. The highest BCUT2D eigenvalue weighted by atomic mass is 19.4. The number of aromatic nitrogens is 1. The Balaban J connectivity index is 1.86. The van der Waals surface area contributed by atoms with Gasteiger partial charge in [-0.05, 0) is 19.1 Å². The van der Waals surface area contributed by atoms with E-state index in [0.717, 1.165) is 18.9 Å². The number of carbonyl (C=O) groups is 1. The summed E-state index contributed by atoms with van der Waals surface area (Å²) in [5.74, 6) is 0.0999. The van der Waals surface area contributed by atoms with Crippen LogP contribution in [-0.4, -0.2) is 56.1 Å². The topological polar surface area (TPSA) is 63.7 Å². The fraction of sp³-hybridized carbons (Fsp3) is 0.571. The molecule has 1 aliphatic rings. The van der Waals surface area contributed by atoms with Crippen LogP contribution in [0, 0.1) is 0 Å². The van der Waals surface area contributed by atoms with E-state index in [9.17, 15) is 18.0 Å². The van der Waals surface area contributed by atoms with Crippen molar-refractivity contribution in [2.45, 2.75) is 19.2 Å². The van der Waals surface area contributed by atoms with Crippen molar-refractivity contribution in [3.63, 3.8) is 0 Å². The molecule has 6 nitrogen and oxygen atoms in total. The number of morpholine rings is 1. The molecule has 0 spiro atoms. The number of nitrogens with one attached hydrogen (secondary N) is 1. The number of halogens is 3. The highest BCUT2D eigenvalue weighted by molar-refractivity contribution is 5.93. The first-order chi connectivity index (χ1) is 10.8. The summed E-state index contributed by atoms with van der Waals surface area (Å²) in [5, 5.41) is 2.47. The second-order valence-corrected chi connectivity index (χ2v) is 5.06. The number of rotatable bonds is 5. The lowest BCUT2D eigenvalue weighted by Crippen LogP contribution is -2.36. The summed E-state index contributed by atoms with van der Waals surface area (Å²) in [4.78, 5) is 18.0. The lowest BCUT2D eigenvalue weighted by atomic mass is 10.3. The molecular weight excluding hydrogens is 315 g/mol. The van der Waals surface area contributed by atoms with Crippen LogP contribution in [0.4, 0.5) is 24.7 Å². The molecule has 0 aromatic carbocycles. The van der Waals surface area contributed by atoms with Gasteiger partial charge in [-0.15, -0.1) is 0 Å². The van der Waals surface area contributed by atoms with Gasteiger partial charge in [0, 0.05) is 13.1 Å². The summed E-state index contributed by atoms with van der Waals surface area (Å²) in [6, 6.07) is 3.38. The molecular formula is C14H18F3N3O3. The Morgan fingerprint density at radius 2 is 2.13 bits per heavy atom. The van der Waals surface area contributed by atoms with Crippen molar-refractivity contribution in [3.8, 4) is 0 Å². The third-order valence-corrected chi connectivity index (χ3v) is 3.22. The minimum Gasteiger partial charge on any atom is -0.378 e. The molecule has 1 amide bonds. The van der Waals surface area contributed by atoms with E-state index in [1.165, 1.54) is 13.1 Å². The van der Waals surface area contributed by atoms with Crippen molar-refractivity contribution < 1.29 is 27.4 Å². The van der Waals surface area contributed by atoms with Gasteiger partial charge >= 0.3 is 6.18 Å². The van der Waals surface area contributed by atoms with Gasteiger partial charge in [0.2, 0.25) is 0 Å². The summed E-state index contributed by atoms with van der Waals surface area (Å²) in [7, 11) is 0. The summed E-state index contributed by atoms with van der Waals surface area (Å²) < 4.78 is 45.9. The molecule has 128 valence electrons. The van der Waals surface area contributed by atoms with E-state index in [1.807, 2.05) is 4.90 Å². The molecule has 1 N–H and O–H groups in total. The highest BCUT2D eigenvalue weighted by Crippen LogP contribution is 2.17. The van der Waals surface area contributed by atoms with E-state index in [4.69, 9.17) is 4.74 Å². The van der Waals surface area contributed by atoms with Crippen LogP contribution in [0.2, 0.25) is 0 Å². The smallest absolute Gasteiger partial charge is 0.378 e. The molecule has 0 saturated carbocycles. The Morgan fingerprint density at radius 3 is 2.70 bits per heavy atom. The average molecular weight is 333 g/mol. The van der Waals surface area contributed by atoms with E-state index >= 15 is 0 Å². The predicted molar refractivity (Wildman–Crippen MR) is 77.4 cm³/mol. The number of anilines is 2. The van der Waals surface area contributed by atoms with Crippen LogP contribution in [-0.2, 0) is 14.3 Å². The fourth-order valence-electron chi connectivity index (χ4n) is 1.98. The molecule has 1 fully saturated rings. The molecule has 0 aliphatic carbocycles. The summed E-state index contributed by atoms with van der Waals surface area (Å²) in [6.45, 7) is 2.54. The summed E-state index contributed by atoms with van der Waals surface area (Å²) in [6.07, 6.45) is -4.22. The third-order valence-electron chi connectivity index (χ3n) is 3.22. The van der Waals surface area contributed by atoms with Crippen LogP contribution < -0.4 is 10.2 Å². The zero-order valence-corrected chi connectivity index (χ0v) is 12.6. The van der Waals surface area contributed by atoms with Crippen molar-refractivity contribution in [1.29, 1.82) is 0 Å². The minimum atomic E-state index is -4.46. The molecule has 1 unspecified atom stereocenters. The van der Waals surface area contributed by atoms with Crippen LogP contribution in [0.25, 0.3) is 0 Å². The van der Waals surface area contributed by atoms with Crippen LogP contribution in [0.3, 0.4) is 0 Å². The zero-order valence-electron chi connectivity index (χ0n) is 12.6. The van der Waals surface area contributed by atoms with Gasteiger partial charge in [-0.1, -0.05) is 0 Å². The number of carbonyl (C=O) groups excluding carboxylic acids is 1. The van der Waals surface area contributed by atoms with E-state index in [2.05, 4.69) is 15.0 Å². The molecule has 23 heavy (non-hydrogen) atoms. The molecule has 1 aromatic rings. The third kappa shape index (κ3) is 5.68. The molecule has 2 heterocycles. The maximum atomic E-state index is 12.0. The van der Waals surface area contributed by atoms with Crippen molar-refractivity contribution >= 4 is 17.4 Å². The Hall–Kier alpha value is -1.87. The van der Waals surface area contributed by atoms with Gasteiger partial charge in [0.1, 0.15) is 18.5 Å². The molecule has 1 atom stereocenters. The first kappa shape index (κ1) is 17.5. The normalized spacial score (nSPS) is 17.0. The van der Waals surface area contributed by atoms with Crippen molar-refractivity contribution in [2.24, 2.45) is 0 Å². The fourth-order valence-corrected chi connectivity index (χ4v) is 1.98. The van der Waals surface area contributed by atoms with Crippen LogP contribution in [0.5, 0.6) is 0 Å². The molecule has 9 heteroatoms. The standard InChI is InChI=1S/C14H18F3N3O3/c1-10(23-9-14(15,16)17)13(21)19-11-2-3-12(18-8-11)20-4-6-22-7-5-20/h2-3,8,10H,4-7,9H2,1H3,(H,19,21). The van der Waals surface area contributed by atoms with E-state index in [-0.39, 0.29) is 0 Å². The molecule has 0 bridgehead atoms. The Morgan fingerprint density at radius 1 is 1.43 bits per heavy atom. The lowest BCUT2D eigenvalue weighted by Gasteiger charge is -2.27. The molecule has 1 aliphatic heterocycles. The lowest BCUT2D eigenvalue weighted by molar-refractivity contribution is -0.184. The monoisotopic (exact) mass is 333 g/mol. The average Bonchev–Trinajstić information content (AvgIpc) is 2.53. The zero-order chi connectivity index (χ0) is 16.9. The number of hydrogen-bond acceptors (Lipinski definition) is 5. The van der Waals surface area contributed by atoms with Gasteiger partial charge in [0.15, 0.2) is 0 Å². The second-order valence-electron chi connectivity index (χ2n) is 5.06. The maximum Gasteiger partial charge on any atom is 0.411 e. The van der Waals surface area contributed by atoms with Gasteiger partial charge in [-0.25, -0.2) is 4.98 Å². The van der Waals surface area contributed by atoms with Crippen molar-refractivity contribution in [3.05, 3.63) is 18.3 Å². The maximum absolute atomic E-state index is 12.0. The van der Waals surface area contributed by atoms with Crippen LogP contribution >= 0.6 is 0 Å². The largest absolute Gasteiger partial charge is 0.411 e.